The Morgan fingerprint density at radius 1 is 1.19 bits per heavy atom. The van der Waals surface area contributed by atoms with E-state index in [9.17, 15) is 4.79 Å². The van der Waals surface area contributed by atoms with Gasteiger partial charge in [-0.25, -0.2) is 4.79 Å². The molecule has 0 spiro atoms. The Kier molecular flexibility index (Phi) is 4.08. The van der Waals surface area contributed by atoms with Crippen molar-refractivity contribution >= 4 is 6.03 Å². The standard InChI is InChI=1S/C13H24N2O/c1-2-11-7-3-4-8-12(11)14-13(16)15-9-5-6-10-15/h11-12H,2-10H2,1H3,(H,14,16). The molecule has 2 atom stereocenters. The number of nitrogens with one attached hydrogen (secondary N) is 1. The van der Waals surface area contributed by atoms with Gasteiger partial charge in [0.25, 0.3) is 0 Å². The number of carbonyl (C=O) groups is 1. The summed E-state index contributed by atoms with van der Waals surface area (Å²) >= 11 is 0. The Bertz CT molecular complexity index is 236. The molecular weight excluding hydrogens is 200 g/mol. The highest BCUT2D eigenvalue weighted by atomic mass is 16.2. The van der Waals surface area contributed by atoms with Crippen molar-refractivity contribution in [2.75, 3.05) is 13.1 Å². The number of likely N-dealkylation sites (tertiary alicyclic amines) is 1. The number of carbonyl (C=O) groups excluding carboxylic acids is 1. The van der Waals surface area contributed by atoms with Crippen molar-refractivity contribution < 1.29 is 4.79 Å². The maximum Gasteiger partial charge on any atom is 0.317 e. The molecule has 1 aliphatic heterocycles. The fourth-order valence-electron chi connectivity index (χ4n) is 3.06. The van der Waals surface area contributed by atoms with Gasteiger partial charge in [-0.1, -0.05) is 26.2 Å². The first-order valence-electron chi connectivity index (χ1n) is 6.86. The van der Waals surface area contributed by atoms with Gasteiger partial charge in [-0.05, 0) is 31.6 Å². The van der Waals surface area contributed by atoms with Gasteiger partial charge in [0.05, 0.1) is 0 Å². The summed E-state index contributed by atoms with van der Waals surface area (Å²) in [5, 5.41) is 3.25. The normalized spacial score (nSPS) is 30.4. The van der Waals surface area contributed by atoms with Crippen LogP contribution < -0.4 is 5.32 Å². The fraction of sp³-hybridized carbons (Fsp3) is 0.923. The highest BCUT2D eigenvalue weighted by Gasteiger charge is 2.27. The highest BCUT2D eigenvalue weighted by molar-refractivity contribution is 5.74. The first-order chi connectivity index (χ1) is 7.81. The molecule has 1 N–H and O–H groups in total. The van der Waals surface area contributed by atoms with E-state index in [0.29, 0.717) is 12.0 Å². The van der Waals surface area contributed by atoms with Crippen molar-refractivity contribution in [3.63, 3.8) is 0 Å². The fourth-order valence-corrected chi connectivity index (χ4v) is 3.06. The molecule has 2 amide bonds. The van der Waals surface area contributed by atoms with Crippen LogP contribution in [0.3, 0.4) is 0 Å². The lowest BCUT2D eigenvalue weighted by molar-refractivity contribution is 0.188. The van der Waals surface area contributed by atoms with E-state index >= 15 is 0 Å². The summed E-state index contributed by atoms with van der Waals surface area (Å²) in [7, 11) is 0. The molecule has 1 heterocycles. The van der Waals surface area contributed by atoms with Gasteiger partial charge in [0.15, 0.2) is 0 Å². The maximum absolute atomic E-state index is 12.0. The summed E-state index contributed by atoms with van der Waals surface area (Å²) in [5.74, 6) is 0.709. The molecule has 1 saturated carbocycles. The molecular formula is C13H24N2O. The number of hydrogen-bond donors (Lipinski definition) is 1. The van der Waals surface area contributed by atoms with Gasteiger partial charge in [-0.3, -0.25) is 0 Å². The van der Waals surface area contributed by atoms with E-state index in [1.54, 1.807) is 0 Å². The van der Waals surface area contributed by atoms with E-state index in [1.165, 1.54) is 44.9 Å². The predicted octanol–water partition coefficient (Wildman–Crippen LogP) is 2.76. The van der Waals surface area contributed by atoms with Crippen LogP contribution in [-0.4, -0.2) is 30.1 Å². The Labute approximate surface area is 98.6 Å². The van der Waals surface area contributed by atoms with Gasteiger partial charge in [0.1, 0.15) is 0 Å². The minimum atomic E-state index is 0.183. The second kappa shape index (κ2) is 5.55. The van der Waals surface area contributed by atoms with Gasteiger partial charge >= 0.3 is 6.03 Å². The lowest BCUT2D eigenvalue weighted by Gasteiger charge is -2.32. The van der Waals surface area contributed by atoms with Crippen LogP contribution in [-0.2, 0) is 0 Å². The average Bonchev–Trinajstić information content (AvgIpc) is 2.83. The van der Waals surface area contributed by atoms with Crippen LogP contribution in [0.5, 0.6) is 0 Å². The molecule has 0 bridgehead atoms. The molecule has 92 valence electrons. The van der Waals surface area contributed by atoms with E-state index in [1.807, 2.05) is 4.90 Å². The SMILES string of the molecule is CCC1CCCCC1NC(=O)N1CCCC1. The van der Waals surface area contributed by atoms with Crippen molar-refractivity contribution in [2.45, 2.75) is 57.9 Å². The third kappa shape index (κ3) is 2.69. The number of nitrogens with zero attached hydrogens (tertiary/aromatic N) is 1. The molecule has 2 fully saturated rings. The van der Waals surface area contributed by atoms with Crippen LogP contribution in [0.15, 0.2) is 0 Å². The third-order valence-electron chi connectivity index (χ3n) is 4.14. The zero-order chi connectivity index (χ0) is 11.4. The molecule has 3 heteroatoms. The molecule has 1 aliphatic carbocycles. The number of urea groups is 1. The zero-order valence-electron chi connectivity index (χ0n) is 10.4. The Balaban J connectivity index is 1.84. The van der Waals surface area contributed by atoms with Gasteiger partial charge in [0, 0.05) is 19.1 Å². The van der Waals surface area contributed by atoms with E-state index in [2.05, 4.69) is 12.2 Å². The van der Waals surface area contributed by atoms with Crippen LogP contribution in [0.4, 0.5) is 4.79 Å². The summed E-state index contributed by atoms with van der Waals surface area (Å²) in [6.45, 7) is 4.15. The van der Waals surface area contributed by atoms with E-state index in [-0.39, 0.29) is 6.03 Å². The van der Waals surface area contributed by atoms with Gasteiger partial charge < -0.3 is 10.2 Å². The van der Waals surface area contributed by atoms with Crippen molar-refractivity contribution in [1.82, 2.24) is 10.2 Å². The molecule has 2 rings (SSSR count). The predicted molar refractivity (Wildman–Crippen MR) is 65.4 cm³/mol. The third-order valence-corrected chi connectivity index (χ3v) is 4.14. The minimum absolute atomic E-state index is 0.183. The van der Waals surface area contributed by atoms with E-state index in [4.69, 9.17) is 0 Å². The second-order valence-electron chi connectivity index (χ2n) is 5.20. The average molecular weight is 224 g/mol. The second-order valence-corrected chi connectivity index (χ2v) is 5.20. The molecule has 0 radical (unpaired) electrons. The number of hydrogen-bond acceptors (Lipinski definition) is 1. The summed E-state index contributed by atoms with van der Waals surface area (Å²) < 4.78 is 0. The molecule has 0 aromatic rings. The van der Waals surface area contributed by atoms with Crippen molar-refractivity contribution in [3.8, 4) is 0 Å². The maximum atomic E-state index is 12.0. The Morgan fingerprint density at radius 3 is 2.56 bits per heavy atom. The first kappa shape index (κ1) is 11.7. The largest absolute Gasteiger partial charge is 0.335 e. The first-order valence-corrected chi connectivity index (χ1v) is 6.86. The minimum Gasteiger partial charge on any atom is -0.335 e. The van der Waals surface area contributed by atoms with Gasteiger partial charge in [-0.15, -0.1) is 0 Å². The Hall–Kier alpha value is -0.730. The Morgan fingerprint density at radius 2 is 1.88 bits per heavy atom. The smallest absolute Gasteiger partial charge is 0.317 e. The highest BCUT2D eigenvalue weighted by Crippen LogP contribution is 2.27. The quantitative estimate of drug-likeness (QED) is 0.768. The van der Waals surface area contributed by atoms with Gasteiger partial charge in [0.2, 0.25) is 0 Å². The molecule has 1 saturated heterocycles. The molecule has 3 nitrogen and oxygen atoms in total. The number of amides is 2. The van der Waals surface area contributed by atoms with Crippen LogP contribution in [0.1, 0.15) is 51.9 Å². The van der Waals surface area contributed by atoms with Crippen LogP contribution >= 0.6 is 0 Å². The topological polar surface area (TPSA) is 32.3 Å². The molecule has 2 unspecified atom stereocenters. The molecule has 0 aromatic carbocycles. The van der Waals surface area contributed by atoms with E-state index in [0.717, 1.165) is 13.1 Å². The summed E-state index contributed by atoms with van der Waals surface area (Å²) in [6, 6.07) is 0.620. The van der Waals surface area contributed by atoms with Crippen molar-refractivity contribution in [3.05, 3.63) is 0 Å². The molecule has 16 heavy (non-hydrogen) atoms. The zero-order valence-corrected chi connectivity index (χ0v) is 10.4. The molecule has 2 aliphatic rings. The summed E-state index contributed by atoms with van der Waals surface area (Å²) in [5.41, 5.74) is 0. The van der Waals surface area contributed by atoms with Crippen molar-refractivity contribution in [2.24, 2.45) is 5.92 Å². The lowest BCUT2D eigenvalue weighted by Crippen LogP contribution is -2.47. The van der Waals surface area contributed by atoms with Gasteiger partial charge in [-0.2, -0.15) is 0 Å². The van der Waals surface area contributed by atoms with Crippen LogP contribution in [0, 0.1) is 5.92 Å². The van der Waals surface area contributed by atoms with Crippen LogP contribution in [0.25, 0.3) is 0 Å². The summed E-state index contributed by atoms with van der Waals surface area (Å²) in [6.07, 6.45) is 8.64. The van der Waals surface area contributed by atoms with Crippen molar-refractivity contribution in [1.29, 1.82) is 0 Å². The van der Waals surface area contributed by atoms with E-state index < -0.39 is 0 Å². The summed E-state index contributed by atoms with van der Waals surface area (Å²) in [4.78, 5) is 14.0. The number of rotatable bonds is 2. The molecule has 0 aromatic heterocycles. The van der Waals surface area contributed by atoms with Crippen LogP contribution in [0.2, 0.25) is 0 Å². The monoisotopic (exact) mass is 224 g/mol. The lowest BCUT2D eigenvalue weighted by atomic mass is 9.83.